The number of thioether (sulfide) groups is 2. The zero-order chi connectivity index (χ0) is 14.6. The van der Waals surface area contributed by atoms with E-state index in [9.17, 15) is 9.59 Å². The molecule has 0 radical (unpaired) electrons. The molecule has 2 aliphatic rings. The highest BCUT2D eigenvalue weighted by Gasteiger charge is 2.59. The number of unbranched alkanes of at least 4 members (excludes halogenated alkanes) is 2. The monoisotopic (exact) mass is 316 g/mol. The van der Waals surface area contributed by atoms with Crippen LogP contribution < -0.4 is 0 Å². The summed E-state index contributed by atoms with van der Waals surface area (Å²) in [6.07, 6.45) is 4.54. The van der Waals surface area contributed by atoms with Crippen molar-refractivity contribution < 1.29 is 19.1 Å². The fourth-order valence-corrected chi connectivity index (χ4v) is 4.19. The first-order valence-corrected chi connectivity index (χ1v) is 8.82. The maximum atomic E-state index is 12.5. The Kier molecular flexibility index (Phi) is 5.07. The van der Waals surface area contributed by atoms with Crippen molar-refractivity contribution in [2.24, 2.45) is 5.41 Å². The van der Waals surface area contributed by atoms with E-state index < -0.39 is 21.8 Å². The molecule has 112 valence electrons. The van der Waals surface area contributed by atoms with Gasteiger partial charge >= 0.3 is 16.4 Å². The van der Waals surface area contributed by atoms with Crippen LogP contribution in [0.3, 0.4) is 0 Å². The summed E-state index contributed by atoms with van der Waals surface area (Å²) in [5.74, 6) is -0.835. The van der Waals surface area contributed by atoms with Crippen LogP contribution in [-0.2, 0) is 19.1 Å². The van der Waals surface area contributed by atoms with Crippen LogP contribution in [0.1, 0.15) is 52.4 Å². The lowest BCUT2D eigenvalue weighted by atomic mass is 9.78. The molecule has 0 unspecified atom stereocenters. The Morgan fingerprint density at radius 2 is 1.40 bits per heavy atom. The lowest BCUT2D eigenvalue weighted by molar-refractivity contribution is -0.215. The molecule has 0 aromatic carbocycles. The van der Waals surface area contributed by atoms with Crippen molar-refractivity contribution >= 4 is 35.5 Å². The average molecular weight is 316 g/mol. The van der Waals surface area contributed by atoms with E-state index in [1.807, 2.05) is 13.8 Å². The molecule has 20 heavy (non-hydrogen) atoms. The maximum absolute atomic E-state index is 12.5. The van der Waals surface area contributed by atoms with Crippen LogP contribution in [0.5, 0.6) is 0 Å². The zero-order valence-electron chi connectivity index (χ0n) is 11.8. The largest absolute Gasteiger partial charge is 0.402 e. The summed E-state index contributed by atoms with van der Waals surface area (Å²) in [6, 6.07) is 0. The van der Waals surface area contributed by atoms with E-state index >= 15 is 0 Å². The molecule has 6 heteroatoms. The fourth-order valence-electron chi connectivity index (χ4n) is 2.36. The molecular weight excluding hydrogens is 296 g/mol. The van der Waals surface area contributed by atoms with Gasteiger partial charge < -0.3 is 9.47 Å². The number of carbonyl (C=O) groups is 2. The molecule has 0 atom stereocenters. The quantitative estimate of drug-likeness (QED) is 0.545. The molecule has 1 spiro atoms. The summed E-state index contributed by atoms with van der Waals surface area (Å²) in [4.78, 5) is 25.0. The lowest BCUT2D eigenvalue weighted by Gasteiger charge is -2.40. The SMILES string of the molecule is CCCCC1(CCCC)C(=O)OC2(OC1=O)SC=CS2. The van der Waals surface area contributed by atoms with E-state index in [1.165, 1.54) is 23.5 Å². The molecule has 0 saturated carbocycles. The van der Waals surface area contributed by atoms with E-state index in [0.29, 0.717) is 12.8 Å². The van der Waals surface area contributed by atoms with Crippen LogP contribution in [-0.4, -0.2) is 16.4 Å². The smallest absolute Gasteiger partial charge is 0.366 e. The van der Waals surface area contributed by atoms with Gasteiger partial charge in [-0.3, -0.25) is 9.59 Å². The summed E-state index contributed by atoms with van der Waals surface area (Å²) in [5, 5.41) is 3.55. The van der Waals surface area contributed by atoms with Crippen LogP contribution in [0.25, 0.3) is 0 Å². The second kappa shape index (κ2) is 6.43. The average Bonchev–Trinajstić information content (AvgIpc) is 2.86. The molecular formula is C14H20O4S2. The highest BCUT2D eigenvalue weighted by molar-refractivity contribution is 8.23. The molecule has 0 aromatic heterocycles. The first-order chi connectivity index (χ1) is 9.58. The predicted molar refractivity (Wildman–Crippen MR) is 80.7 cm³/mol. The summed E-state index contributed by atoms with van der Waals surface area (Å²) in [6.45, 7) is 4.09. The molecule has 4 nitrogen and oxygen atoms in total. The van der Waals surface area contributed by atoms with E-state index in [1.54, 1.807) is 10.8 Å². The predicted octanol–water partition coefficient (Wildman–Crippen LogP) is 4.02. The van der Waals surface area contributed by atoms with Gasteiger partial charge in [0.25, 0.3) is 0 Å². The van der Waals surface area contributed by atoms with Gasteiger partial charge in [-0.05, 0) is 47.2 Å². The van der Waals surface area contributed by atoms with Crippen LogP contribution in [0, 0.1) is 5.41 Å². The molecule has 2 heterocycles. The second-order valence-corrected chi connectivity index (χ2v) is 7.43. The standard InChI is InChI=1S/C14H20O4S2/c1-3-5-7-13(8-6-4-2)11(15)17-14(18-12(13)16)19-9-10-20-14/h9-10H,3-8H2,1-2H3. The number of hydrogen-bond donors (Lipinski definition) is 0. The lowest BCUT2D eigenvalue weighted by Crippen LogP contribution is -2.53. The Morgan fingerprint density at radius 1 is 0.950 bits per heavy atom. The summed E-state index contributed by atoms with van der Waals surface area (Å²) in [7, 11) is 0. The third-order valence-electron chi connectivity index (χ3n) is 3.61. The summed E-state index contributed by atoms with van der Waals surface area (Å²) < 4.78 is 9.78. The molecule has 1 saturated heterocycles. The normalized spacial score (nSPS) is 22.9. The molecule has 1 fully saturated rings. The number of carbonyl (C=O) groups excluding carboxylic acids is 2. The Labute approximate surface area is 128 Å². The Bertz CT molecular complexity index is 381. The van der Waals surface area contributed by atoms with E-state index in [2.05, 4.69) is 0 Å². The fraction of sp³-hybridized carbons (Fsp3) is 0.714. The molecule has 2 rings (SSSR count). The van der Waals surface area contributed by atoms with Crippen LogP contribution in [0.4, 0.5) is 0 Å². The van der Waals surface area contributed by atoms with Gasteiger partial charge in [-0.2, -0.15) is 0 Å². The van der Waals surface area contributed by atoms with Crippen molar-refractivity contribution in [2.75, 3.05) is 0 Å². The highest BCUT2D eigenvalue weighted by Crippen LogP contribution is 2.53. The van der Waals surface area contributed by atoms with Gasteiger partial charge in [0, 0.05) is 0 Å². The van der Waals surface area contributed by atoms with Gasteiger partial charge in [-0.15, -0.1) is 0 Å². The van der Waals surface area contributed by atoms with Crippen molar-refractivity contribution in [1.29, 1.82) is 0 Å². The van der Waals surface area contributed by atoms with Crippen molar-refractivity contribution in [2.45, 2.75) is 56.8 Å². The first-order valence-electron chi connectivity index (χ1n) is 7.06. The number of ether oxygens (including phenoxy) is 2. The van der Waals surface area contributed by atoms with Gasteiger partial charge in [0.05, 0.1) is 0 Å². The first kappa shape index (κ1) is 15.8. The minimum atomic E-state index is -1.21. The minimum Gasteiger partial charge on any atom is -0.402 e. The van der Waals surface area contributed by atoms with Gasteiger partial charge in [0.1, 0.15) is 0 Å². The number of rotatable bonds is 6. The van der Waals surface area contributed by atoms with Crippen molar-refractivity contribution in [1.82, 2.24) is 0 Å². The Morgan fingerprint density at radius 3 is 1.80 bits per heavy atom. The molecule has 2 aliphatic heterocycles. The van der Waals surface area contributed by atoms with Crippen LogP contribution >= 0.6 is 23.5 Å². The molecule has 0 N–H and O–H groups in total. The van der Waals surface area contributed by atoms with E-state index in [4.69, 9.17) is 9.47 Å². The van der Waals surface area contributed by atoms with Crippen LogP contribution in [0.15, 0.2) is 10.8 Å². The van der Waals surface area contributed by atoms with Gasteiger partial charge in [0.2, 0.25) is 0 Å². The topological polar surface area (TPSA) is 52.6 Å². The third kappa shape index (κ3) is 2.86. The summed E-state index contributed by atoms with van der Waals surface area (Å²) >= 11 is 2.44. The third-order valence-corrected chi connectivity index (χ3v) is 5.82. The Hall–Kier alpha value is -0.620. The molecule has 0 amide bonds. The van der Waals surface area contributed by atoms with Gasteiger partial charge in [0.15, 0.2) is 5.41 Å². The highest BCUT2D eigenvalue weighted by atomic mass is 32.2. The maximum Gasteiger partial charge on any atom is 0.366 e. The number of esters is 2. The van der Waals surface area contributed by atoms with Crippen molar-refractivity contribution in [3.63, 3.8) is 0 Å². The summed E-state index contributed by atoms with van der Waals surface area (Å²) in [5.41, 5.74) is -1.10. The van der Waals surface area contributed by atoms with E-state index in [0.717, 1.165) is 25.7 Å². The van der Waals surface area contributed by atoms with Crippen molar-refractivity contribution in [3.8, 4) is 0 Å². The van der Waals surface area contributed by atoms with Crippen molar-refractivity contribution in [3.05, 3.63) is 10.8 Å². The van der Waals surface area contributed by atoms with Gasteiger partial charge in [-0.1, -0.05) is 39.5 Å². The van der Waals surface area contributed by atoms with Crippen LogP contribution in [0.2, 0.25) is 0 Å². The minimum absolute atomic E-state index is 0.417. The number of hydrogen-bond acceptors (Lipinski definition) is 6. The van der Waals surface area contributed by atoms with E-state index in [-0.39, 0.29) is 0 Å². The van der Waals surface area contributed by atoms with Gasteiger partial charge in [-0.25, -0.2) is 0 Å². The zero-order valence-corrected chi connectivity index (χ0v) is 13.5. The molecule has 0 aromatic rings. The molecule has 0 bridgehead atoms. The molecule has 0 aliphatic carbocycles. The second-order valence-electron chi connectivity index (χ2n) is 5.08. The Balaban J connectivity index is 2.18.